The summed E-state index contributed by atoms with van der Waals surface area (Å²) in [6.07, 6.45) is 0. The van der Waals surface area contributed by atoms with E-state index in [2.05, 4.69) is 4.99 Å². The van der Waals surface area contributed by atoms with E-state index < -0.39 is 11.9 Å². The summed E-state index contributed by atoms with van der Waals surface area (Å²) in [5, 5.41) is 0.323. The van der Waals surface area contributed by atoms with Gasteiger partial charge in [-0.1, -0.05) is 41.1 Å². The van der Waals surface area contributed by atoms with Gasteiger partial charge in [-0.3, -0.25) is 9.59 Å². The molecule has 6 nitrogen and oxygen atoms in total. The first-order chi connectivity index (χ1) is 13.5. The monoisotopic (exact) mass is 418 g/mol. The molecule has 0 spiro atoms. The van der Waals surface area contributed by atoms with Gasteiger partial charge in [-0.25, -0.2) is 0 Å². The van der Waals surface area contributed by atoms with Crippen LogP contribution in [0.4, 0.5) is 0 Å². The van der Waals surface area contributed by atoms with Crippen LogP contribution >= 0.6 is 22.9 Å². The normalized spacial score (nSPS) is 11.6. The fourth-order valence-corrected chi connectivity index (χ4v) is 3.98. The summed E-state index contributed by atoms with van der Waals surface area (Å²) in [4.78, 5) is 29.5. The van der Waals surface area contributed by atoms with Crippen molar-refractivity contribution in [1.82, 2.24) is 4.57 Å². The SMILES string of the molecule is CCOC(=O)Cn1c(=NC(=O)c2ccccc2Cl)sc2cccc(OCC)c21. The minimum Gasteiger partial charge on any atom is -0.492 e. The van der Waals surface area contributed by atoms with E-state index in [1.807, 2.05) is 25.1 Å². The fraction of sp³-hybridized carbons (Fsp3) is 0.250. The molecular formula is C20H19ClN2O4S. The maximum absolute atomic E-state index is 12.7. The summed E-state index contributed by atoms with van der Waals surface area (Å²) in [7, 11) is 0. The zero-order valence-corrected chi connectivity index (χ0v) is 17.0. The number of thiazole rings is 1. The van der Waals surface area contributed by atoms with Crippen molar-refractivity contribution in [2.75, 3.05) is 13.2 Å². The molecule has 0 bridgehead atoms. The number of esters is 1. The first-order valence-electron chi connectivity index (χ1n) is 8.79. The van der Waals surface area contributed by atoms with Crippen LogP contribution in [-0.4, -0.2) is 29.7 Å². The van der Waals surface area contributed by atoms with Crippen LogP contribution in [0.5, 0.6) is 5.75 Å². The first-order valence-corrected chi connectivity index (χ1v) is 9.99. The Labute approximate surface area is 171 Å². The number of benzene rings is 2. The summed E-state index contributed by atoms with van der Waals surface area (Å²) in [6.45, 7) is 4.29. The Balaban J connectivity index is 2.18. The number of amides is 1. The van der Waals surface area contributed by atoms with E-state index in [1.54, 1.807) is 35.8 Å². The highest BCUT2D eigenvalue weighted by atomic mass is 35.5. The molecule has 1 heterocycles. The second-order valence-corrected chi connectivity index (χ2v) is 7.12. The maximum atomic E-state index is 12.7. The Morgan fingerprint density at radius 2 is 1.89 bits per heavy atom. The van der Waals surface area contributed by atoms with E-state index >= 15 is 0 Å². The third kappa shape index (κ3) is 4.26. The highest BCUT2D eigenvalue weighted by Crippen LogP contribution is 2.28. The van der Waals surface area contributed by atoms with Crippen LogP contribution in [0, 0.1) is 0 Å². The molecule has 1 amide bonds. The molecule has 0 saturated heterocycles. The van der Waals surface area contributed by atoms with Crippen molar-refractivity contribution in [3.05, 3.63) is 57.9 Å². The van der Waals surface area contributed by atoms with Crippen LogP contribution in [0.25, 0.3) is 10.2 Å². The second-order valence-electron chi connectivity index (χ2n) is 5.71. The Morgan fingerprint density at radius 3 is 2.61 bits per heavy atom. The number of ether oxygens (including phenoxy) is 2. The van der Waals surface area contributed by atoms with Crippen LogP contribution in [0.3, 0.4) is 0 Å². The minimum atomic E-state index is -0.479. The number of aromatic nitrogens is 1. The molecule has 0 unspecified atom stereocenters. The number of rotatable bonds is 6. The largest absolute Gasteiger partial charge is 0.492 e. The molecule has 0 atom stereocenters. The lowest BCUT2D eigenvalue weighted by molar-refractivity contribution is -0.143. The molecule has 8 heteroatoms. The van der Waals surface area contributed by atoms with Crippen LogP contribution < -0.4 is 9.54 Å². The van der Waals surface area contributed by atoms with Gasteiger partial charge in [0.1, 0.15) is 17.8 Å². The lowest BCUT2D eigenvalue weighted by atomic mass is 10.2. The number of hydrogen-bond acceptors (Lipinski definition) is 5. The summed E-state index contributed by atoms with van der Waals surface area (Å²) in [6, 6.07) is 12.3. The number of hydrogen-bond donors (Lipinski definition) is 0. The number of fused-ring (bicyclic) bond motifs is 1. The number of halogens is 1. The number of para-hydroxylation sites is 1. The van der Waals surface area contributed by atoms with Crippen molar-refractivity contribution in [3.63, 3.8) is 0 Å². The van der Waals surface area contributed by atoms with Crippen molar-refractivity contribution in [1.29, 1.82) is 0 Å². The molecule has 2 aromatic carbocycles. The molecule has 3 aromatic rings. The van der Waals surface area contributed by atoms with Crippen LogP contribution in [0.1, 0.15) is 24.2 Å². The average molecular weight is 419 g/mol. The van der Waals surface area contributed by atoms with Gasteiger partial charge in [-0.05, 0) is 38.1 Å². The van der Waals surface area contributed by atoms with Gasteiger partial charge in [0.05, 0.1) is 28.5 Å². The van der Waals surface area contributed by atoms with Gasteiger partial charge in [0.25, 0.3) is 5.91 Å². The standard InChI is InChI=1S/C20H19ClN2O4S/c1-3-26-15-10-7-11-16-18(15)23(12-17(24)27-4-2)20(28-16)22-19(25)13-8-5-6-9-14(13)21/h5-11H,3-4,12H2,1-2H3. The fourth-order valence-electron chi connectivity index (χ4n) is 2.72. The minimum absolute atomic E-state index is 0.0768. The van der Waals surface area contributed by atoms with Gasteiger partial charge >= 0.3 is 5.97 Å². The van der Waals surface area contributed by atoms with Crippen molar-refractivity contribution in [2.45, 2.75) is 20.4 Å². The Bertz CT molecular complexity index is 1090. The van der Waals surface area contributed by atoms with Crippen LogP contribution in [0.2, 0.25) is 5.02 Å². The molecule has 0 fully saturated rings. The summed E-state index contributed by atoms with van der Waals surface area (Å²) in [5.41, 5.74) is 1.00. The number of carbonyl (C=O) groups excluding carboxylic acids is 2. The summed E-state index contributed by atoms with van der Waals surface area (Å²) in [5.74, 6) is -0.278. The quantitative estimate of drug-likeness (QED) is 0.566. The topological polar surface area (TPSA) is 69.9 Å². The van der Waals surface area contributed by atoms with Gasteiger partial charge in [-0.2, -0.15) is 4.99 Å². The Hall–Kier alpha value is -2.64. The van der Waals surface area contributed by atoms with E-state index in [0.29, 0.717) is 33.3 Å². The van der Waals surface area contributed by atoms with Crippen molar-refractivity contribution < 1.29 is 19.1 Å². The third-order valence-corrected chi connectivity index (χ3v) is 5.23. The van der Waals surface area contributed by atoms with E-state index in [4.69, 9.17) is 21.1 Å². The van der Waals surface area contributed by atoms with E-state index in [1.165, 1.54) is 11.3 Å². The summed E-state index contributed by atoms with van der Waals surface area (Å²) >= 11 is 7.41. The molecule has 0 radical (unpaired) electrons. The molecule has 0 saturated carbocycles. The van der Waals surface area contributed by atoms with Gasteiger partial charge in [0.2, 0.25) is 0 Å². The van der Waals surface area contributed by atoms with Crippen LogP contribution in [0.15, 0.2) is 47.5 Å². The highest BCUT2D eigenvalue weighted by Gasteiger charge is 2.17. The first kappa shape index (κ1) is 20.1. The molecular weight excluding hydrogens is 400 g/mol. The van der Waals surface area contributed by atoms with Crippen molar-refractivity contribution >= 4 is 45.0 Å². The average Bonchev–Trinajstić information content (AvgIpc) is 3.00. The van der Waals surface area contributed by atoms with Gasteiger partial charge < -0.3 is 14.0 Å². The van der Waals surface area contributed by atoms with Crippen molar-refractivity contribution in [2.24, 2.45) is 4.99 Å². The Kier molecular flexibility index (Phi) is 6.49. The molecule has 0 aliphatic carbocycles. The third-order valence-electron chi connectivity index (χ3n) is 3.86. The zero-order chi connectivity index (χ0) is 20.1. The Morgan fingerprint density at radius 1 is 1.11 bits per heavy atom. The van der Waals surface area contributed by atoms with Gasteiger partial charge in [0.15, 0.2) is 4.80 Å². The van der Waals surface area contributed by atoms with Crippen molar-refractivity contribution in [3.8, 4) is 5.75 Å². The summed E-state index contributed by atoms with van der Waals surface area (Å²) < 4.78 is 13.3. The second kappa shape index (κ2) is 9.03. The number of carbonyl (C=O) groups is 2. The lowest BCUT2D eigenvalue weighted by Crippen LogP contribution is -2.23. The van der Waals surface area contributed by atoms with Crippen LogP contribution in [-0.2, 0) is 16.1 Å². The molecule has 0 aliphatic rings. The van der Waals surface area contributed by atoms with E-state index in [9.17, 15) is 9.59 Å². The molecule has 0 N–H and O–H groups in total. The van der Waals surface area contributed by atoms with E-state index in [0.717, 1.165) is 4.70 Å². The highest BCUT2D eigenvalue weighted by molar-refractivity contribution is 7.16. The van der Waals surface area contributed by atoms with E-state index in [-0.39, 0.29) is 13.2 Å². The van der Waals surface area contributed by atoms with Gasteiger partial charge in [0, 0.05) is 0 Å². The molecule has 3 rings (SSSR count). The predicted molar refractivity (Wildman–Crippen MR) is 109 cm³/mol. The maximum Gasteiger partial charge on any atom is 0.326 e. The smallest absolute Gasteiger partial charge is 0.326 e. The predicted octanol–water partition coefficient (Wildman–Crippen LogP) is 4.06. The molecule has 0 aliphatic heterocycles. The molecule has 146 valence electrons. The zero-order valence-electron chi connectivity index (χ0n) is 15.5. The molecule has 28 heavy (non-hydrogen) atoms. The molecule has 1 aromatic heterocycles. The number of nitrogens with zero attached hydrogens (tertiary/aromatic N) is 2. The van der Waals surface area contributed by atoms with Gasteiger partial charge in [-0.15, -0.1) is 0 Å². The lowest BCUT2D eigenvalue weighted by Gasteiger charge is -2.09.